The normalized spacial score (nSPS) is 11.0. The van der Waals surface area contributed by atoms with E-state index in [-0.39, 0.29) is 5.91 Å². The SMILES string of the molecule is Cc1cc(C)n2cc(CNC(=O)c3csc(Cc4ccccc4)n3)nc2c1. The second kappa shape index (κ2) is 7.32. The second-order valence-corrected chi connectivity index (χ2v) is 7.55. The highest BCUT2D eigenvalue weighted by molar-refractivity contribution is 7.09. The predicted molar refractivity (Wildman–Crippen MR) is 107 cm³/mol. The number of amides is 1. The van der Waals surface area contributed by atoms with Crippen LogP contribution in [0.1, 0.15) is 38.0 Å². The molecule has 0 spiro atoms. The average molecular weight is 376 g/mol. The van der Waals surface area contributed by atoms with E-state index in [1.54, 1.807) is 0 Å². The van der Waals surface area contributed by atoms with E-state index in [2.05, 4.69) is 40.4 Å². The number of thiazole rings is 1. The molecule has 5 nitrogen and oxygen atoms in total. The van der Waals surface area contributed by atoms with Gasteiger partial charge >= 0.3 is 0 Å². The van der Waals surface area contributed by atoms with Gasteiger partial charge in [0.2, 0.25) is 0 Å². The number of nitrogens with zero attached hydrogens (tertiary/aromatic N) is 3. The molecule has 0 saturated heterocycles. The van der Waals surface area contributed by atoms with Gasteiger partial charge in [0.1, 0.15) is 11.3 Å². The molecule has 4 rings (SSSR count). The smallest absolute Gasteiger partial charge is 0.271 e. The van der Waals surface area contributed by atoms with E-state index in [0.29, 0.717) is 12.2 Å². The summed E-state index contributed by atoms with van der Waals surface area (Å²) in [4.78, 5) is 21.5. The maximum absolute atomic E-state index is 12.4. The largest absolute Gasteiger partial charge is 0.345 e. The Morgan fingerprint density at radius 1 is 1.15 bits per heavy atom. The molecule has 0 radical (unpaired) electrons. The zero-order valence-corrected chi connectivity index (χ0v) is 16.1. The first-order valence-electron chi connectivity index (χ1n) is 8.80. The lowest BCUT2D eigenvalue weighted by atomic mass is 10.2. The van der Waals surface area contributed by atoms with E-state index in [0.717, 1.165) is 28.5 Å². The van der Waals surface area contributed by atoms with Crippen LogP contribution in [0.5, 0.6) is 0 Å². The van der Waals surface area contributed by atoms with Gasteiger partial charge in [0, 0.05) is 23.7 Å². The molecule has 0 fully saturated rings. The van der Waals surface area contributed by atoms with E-state index in [4.69, 9.17) is 0 Å². The third kappa shape index (κ3) is 3.90. The number of imidazole rings is 1. The molecule has 0 unspecified atom stereocenters. The topological polar surface area (TPSA) is 59.3 Å². The first kappa shape index (κ1) is 17.4. The van der Waals surface area contributed by atoms with Crippen LogP contribution < -0.4 is 5.32 Å². The summed E-state index contributed by atoms with van der Waals surface area (Å²) in [5, 5.41) is 5.66. The van der Waals surface area contributed by atoms with Gasteiger partial charge < -0.3 is 9.72 Å². The van der Waals surface area contributed by atoms with Crippen molar-refractivity contribution >= 4 is 22.9 Å². The maximum Gasteiger partial charge on any atom is 0.271 e. The summed E-state index contributed by atoms with van der Waals surface area (Å²) in [5.41, 5.74) is 5.68. The highest BCUT2D eigenvalue weighted by Gasteiger charge is 2.12. The molecule has 6 heteroatoms. The molecule has 1 amide bonds. The third-order valence-corrected chi connectivity index (χ3v) is 5.22. The summed E-state index contributed by atoms with van der Waals surface area (Å²) in [7, 11) is 0. The Bertz CT molecular complexity index is 1100. The standard InChI is InChI=1S/C21H20N4OS/c1-14-8-15(2)25-12-17(23-19(25)9-14)11-22-21(26)18-13-27-20(24-18)10-16-6-4-3-5-7-16/h3-9,12-13H,10-11H2,1-2H3,(H,22,26). The molecule has 136 valence electrons. The third-order valence-electron chi connectivity index (χ3n) is 4.37. The minimum Gasteiger partial charge on any atom is -0.345 e. The molecule has 4 aromatic rings. The number of hydrogen-bond acceptors (Lipinski definition) is 4. The molecule has 3 heterocycles. The number of nitrogens with one attached hydrogen (secondary N) is 1. The van der Waals surface area contributed by atoms with Crippen LogP contribution in [0.3, 0.4) is 0 Å². The maximum atomic E-state index is 12.4. The van der Waals surface area contributed by atoms with Crippen LogP contribution in [0.15, 0.2) is 54.0 Å². The molecule has 1 N–H and O–H groups in total. The Balaban J connectivity index is 1.42. The number of benzene rings is 1. The predicted octanol–water partition coefficient (Wildman–Crippen LogP) is 3.93. The monoisotopic (exact) mass is 376 g/mol. The van der Waals surface area contributed by atoms with E-state index in [1.807, 2.05) is 47.2 Å². The van der Waals surface area contributed by atoms with Crippen LogP contribution in [0.2, 0.25) is 0 Å². The number of fused-ring (bicyclic) bond motifs is 1. The van der Waals surface area contributed by atoms with Gasteiger partial charge in [0.05, 0.1) is 17.2 Å². The summed E-state index contributed by atoms with van der Waals surface area (Å²) in [5.74, 6) is -0.171. The second-order valence-electron chi connectivity index (χ2n) is 6.61. The number of hydrogen-bond donors (Lipinski definition) is 1. The fourth-order valence-electron chi connectivity index (χ4n) is 3.09. The van der Waals surface area contributed by atoms with Gasteiger partial charge in [-0.1, -0.05) is 30.3 Å². The van der Waals surface area contributed by atoms with Crippen molar-refractivity contribution in [1.29, 1.82) is 0 Å². The zero-order valence-electron chi connectivity index (χ0n) is 15.3. The van der Waals surface area contributed by atoms with Crippen molar-refractivity contribution in [3.05, 3.63) is 87.3 Å². The van der Waals surface area contributed by atoms with E-state index in [9.17, 15) is 4.79 Å². The molecule has 1 aromatic carbocycles. The molecular formula is C21H20N4OS. The Hall–Kier alpha value is -2.99. The first-order valence-corrected chi connectivity index (χ1v) is 9.68. The van der Waals surface area contributed by atoms with Crippen LogP contribution in [0.4, 0.5) is 0 Å². The van der Waals surface area contributed by atoms with Crippen molar-refractivity contribution in [2.24, 2.45) is 0 Å². The minimum atomic E-state index is -0.171. The highest BCUT2D eigenvalue weighted by atomic mass is 32.1. The summed E-state index contributed by atoms with van der Waals surface area (Å²) in [6, 6.07) is 14.3. The lowest BCUT2D eigenvalue weighted by Crippen LogP contribution is -2.23. The van der Waals surface area contributed by atoms with Gasteiger partial charge in [-0.25, -0.2) is 9.97 Å². The van der Waals surface area contributed by atoms with Gasteiger partial charge in [-0.15, -0.1) is 11.3 Å². The number of carbonyl (C=O) groups is 1. The van der Waals surface area contributed by atoms with Gasteiger partial charge in [-0.2, -0.15) is 0 Å². The number of aryl methyl sites for hydroxylation is 2. The van der Waals surface area contributed by atoms with Crippen LogP contribution in [0.25, 0.3) is 5.65 Å². The molecule has 0 aliphatic carbocycles. The Morgan fingerprint density at radius 2 is 1.96 bits per heavy atom. The number of carbonyl (C=O) groups excluding carboxylic acids is 1. The zero-order chi connectivity index (χ0) is 18.8. The van der Waals surface area contributed by atoms with Gasteiger partial charge in [0.15, 0.2) is 0 Å². The van der Waals surface area contributed by atoms with Crippen molar-refractivity contribution in [1.82, 2.24) is 19.7 Å². The van der Waals surface area contributed by atoms with Crippen LogP contribution >= 0.6 is 11.3 Å². The van der Waals surface area contributed by atoms with Crippen LogP contribution in [-0.2, 0) is 13.0 Å². The highest BCUT2D eigenvalue weighted by Crippen LogP contribution is 2.15. The molecule has 0 atom stereocenters. The Morgan fingerprint density at radius 3 is 2.78 bits per heavy atom. The number of aromatic nitrogens is 3. The summed E-state index contributed by atoms with van der Waals surface area (Å²) >= 11 is 1.51. The molecule has 0 aliphatic heterocycles. The Kier molecular flexibility index (Phi) is 4.73. The van der Waals surface area contributed by atoms with Gasteiger partial charge in [0.25, 0.3) is 5.91 Å². The van der Waals surface area contributed by atoms with E-state index >= 15 is 0 Å². The van der Waals surface area contributed by atoms with Crippen LogP contribution in [-0.4, -0.2) is 20.3 Å². The molecule has 0 saturated carbocycles. The summed E-state index contributed by atoms with van der Waals surface area (Å²) in [6.45, 7) is 4.48. The van der Waals surface area contributed by atoms with E-state index in [1.165, 1.54) is 22.5 Å². The molecule has 3 aromatic heterocycles. The Labute approximate surface area is 161 Å². The number of pyridine rings is 1. The van der Waals surface area contributed by atoms with Crippen molar-refractivity contribution in [2.75, 3.05) is 0 Å². The van der Waals surface area contributed by atoms with Gasteiger partial charge in [-0.3, -0.25) is 4.79 Å². The lowest BCUT2D eigenvalue weighted by molar-refractivity contribution is 0.0946. The van der Waals surface area contributed by atoms with Crippen molar-refractivity contribution in [3.63, 3.8) is 0 Å². The molecule has 0 bridgehead atoms. The van der Waals surface area contributed by atoms with E-state index < -0.39 is 0 Å². The fraction of sp³-hybridized carbons (Fsp3) is 0.190. The van der Waals surface area contributed by atoms with Crippen molar-refractivity contribution < 1.29 is 4.79 Å². The quantitative estimate of drug-likeness (QED) is 0.574. The van der Waals surface area contributed by atoms with Crippen molar-refractivity contribution in [3.8, 4) is 0 Å². The van der Waals surface area contributed by atoms with Gasteiger partial charge in [-0.05, 0) is 37.1 Å². The number of rotatable bonds is 5. The summed E-state index contributed by atoms with van der Waals surface area (Å²) < 4.78 is 2.04. The summed E-state index contributed by atoms with van der Waals surface area (Å²) in [6.07, 6.45) is 2.70. The average Bonchev–Trinajstić information content (AvgIpc) is 3.27. The molecular weight excluding hydrogens is 356 g/mol. The minimum absolute atomic E-state index is 0.171. The lowest BCUT2D eigenvalue weighted by Gasteiger charge is -2.00. The molecule has 0 aliphatic rings. The molecule has 27 heavy (non-hydrogen) atoms. The first-order chi connectivity index (χ1) is 13.1. The van der Waals surface area contributed by atoms with Crippen LogP contribution in [0, 0.1) is 13.8 Å². The fourth-order valence-corrected chi connectivity index (χ4v) is 3.90. The van der Waals surface area contributed by atoms with Crippen molar-refractivity contribution in [2.45, 2.75) is 26.8 Å².